The third kappa shape index (κ3) is 2.52. The molecule has 1 aliphatic rings. The smallest absolute Gasteiger partial charge is 0.109 e. The average molecular weight is 286 g/mol. The summed E-state index contributed by atoms with van der Waals surface area (Å²) in [6.45, 7) is 6.92. The first kappa shape index (κ1) is 13.8. The van der Waals surface area contributed by atoms with Gasteiger partial charge in [-0.05, 0) is 36.3 Å². The van der Waals surface area contributed by atoms with Crippen LogP contribution in [0.3, 0.4) is 0 Å². The van der Waals surface area contributed by atoms with Gasteiger partial charge in [0, 0.05) is 17.6 Å². The van der Waals surface area contributed by atoms with E-state index in [0.717, 1.165) is 0 Å². The molecule has 2 atom stereocenters. The van der Waals surface area contributed by atoms with Gasteiger partial charge in [-0.15, -0.1) is 11.3 Å². The zero-order valence-electron chi connectivity index (χ0n) is 12.4. The highest BCUT2D eigenvalue weighted by molar-refractivity contribution is 7.09. The predicted molar refractivity (Wildman–Crippen MR) is 85.1 cm³/mol. The number of aromatic nitrogens is 1. The largest absolute Gasteiger partial charge is 0.301 e. The number of nitrogens with one attached hydrogen (secondary N) is 1. The molecule has 0 saturated carbocycles. The highest BCUT2D eigenvalue weighted by Gasteiger charge is 2.32. The molecule has 1 aliphatic carbocycles. The van der Waals surface area contributed by atoms with Crippen molar-refractivity contribution >= 4 is 11.3 Å². The quantitative estimate of drug-likeness (QED) is 0.891. The molecule has 0 radical (unpaired) electrons. The van der Waals surface area contributed by atoms with Crippen LogP contribution in [0.1, 0.15) is 61.8 Å². The Bertz CT molecular complexity index is 574. The second-order valence-electron chi connectivity index (χ2n) is 6.32. The Balaban J connectivity index is 1.85. The molecule has 0 bridgehead atoms. The van der Waals surface area contributed by atoms with Gasteiger partial charge >= 0.3 is 0 Å². The van der Waals surface area contributed by atoms with Crippen molar-refractivity contribution in [1.82, 2.24) is 10.3 Å². The standard InChI is InChI=1S/C17H22N2S/c1-12(16-18-10-11-20-16)19-15-8-9-17(2,3)14-7-5-4-6-13(14)15/h4-7,10-12,15,19H,8-9H2,1-3H3. The van der Waals surface area contributed by atoms with Gasteiger partial charge in [-0.2, -0.15) is 0 Å². The molecule has 1 aromatic heterocycles. The normalized spacial score (nSPS) is 22.2. The zero-order chi connectivity index (χ0) is 14.2. The van der Waals surface area contributed by atoms with Crippen molar-refractivity contribution < 1.29 is 0 Å². The van der Waals surface area contributed by atoms with Crippen molar-refractivity contribution in [2.75, 3.05) is 0 Å². The number of fused-ring (bicyclic) bond motifs is 1. The van der Waals surface area contributed by atoms with E-state index in [1.807, 2.05) is 11.6 Å². The van der Waals surface area contributed by atoms with Crippen LogP contribution < -0.4 is 5.32 Å². The molecule has 106 valence electrons. The molecule has 0 aliphatic heterocycles. The van der Waals surface area contributed by atoms with E-state index in [1.54, 1.807) is 11.3 Å². The van der Waals surface area contributed by atoms with Gasteiger partial charge in [0.05, 0.1) is 6.04 Å². The minimum Gasteiger partial charge on any atom is -0.301 e. The van der Waals surface area contributed by atoms with E-state index in [0.29, 0.717) is 17.5 Å². The fraction of sp³-hybridized carbons (Fsp3) is 0.471. The lowest BCUT2D eigenvalue weighted by Gasteiger charge is -2.38. The Labute approximate surface area is 125 Å². The monoisotopic (exact) mass is 286 g/mol. The Hall–Kier alpha value is -1.19. The summed E-state index contributed by atoms with van der Waals surface area (Å²) in [5.41, 5.74) is 3.25. The lowest BCUT2D eigenvalue weighted by molar-refractivity contribution is 0.340. The second kappa shape index (κ2) is 5.30. The molecule has 0 amide bonds. The SMILES string of the molecule is CC(NC1CCC(C)(C)c2ccccc21)c1nccs1. The van der Waals surface area contributed by atoms with Gasteiger partial charge in [0.15, 0.2) is 0 Å². The molecule has 3 rings (SSSR count). The summed E-state index contributed by atoms with van der Waals surface area (Å²) in [4.78, 5) is 4.42. The van der Waals surface area contributed by atoms with Crippen molar-refractivity contribution in [1.29, 1.82) is 0 Å². The van der Waals surface area contributed by atoms with Crippen molar-refractivity contribution in [3.8, 4) is 0 Å². The van der Waals surface area contributed by atoms with Gasteiger partial charge in [0.2, 0.25) is 0 Å². The van der Waals surface area contributed by atoms with Crippen LogP contribution in [0.15, 0.2) is 35.8 Å². The van der Waals surface area contributed by atoms with Crippen molar-refractivity contribution in [3.63, 3.8) is 0 Å². The van der Waals surface area contributed by atoms with E-state index in [-0.39, 0.29) is 0 Å². The Morgan fingerprint density at radius 3 is 2.90 bits per heavy atom. The number of hydrogen-bond donors (Lipinski definition) is 1. The maximum Gasteiger partial charge on any atom is 0.109 e. The van der Waals surface area contributed by atoms with E-state index in [4.69, 9.17) is 0 Å². The molecule has 2 nitrogen and oxygen atoms in total. The molecule has 20 heavy (non-hydrogen) atoms. The average Bonchev–Trinajstić information content (AvgIpc) is 2.96. The third-order valence-corrected chi connectivity index (χ3v) is 5.35. The molecule has 3 heteroatoms. The lowest BCUT2D eigenvalue weighted by Crippen LogP contribution is -2.33. The number of benzene rings is 1. The lowest BCUT2D eigenvalue weighted by atomic mass is 9.71. The summed E-state index contributed by atoms with van der Waals surface area (Å²) >= 11 is 1.73. The van der Waals surface area contributed by atoms with Crippen LogP contribution in [0.2, 0.25) is 0 Å². The van der Waals surface area contributed by atoms with Gasteiger partial charge < -0.3 is 5.32 Å². The maximum atomic E-state index is 4.42. The van der Waals surface area contributed by atoms with E-state index in [1.165, 1.54) is 29.0 Å². The van der Waals surface area contributed by atoms with Crippen molar-refractivity contribution in [3.05, 3.63) is 52.0 Å². The first-order valence-corrected chi connectivity index (χ1v) is 8.21. The Morgan fingerprint density at radius 1 is 1.35 bits per heavy atom. The van der Waals surface area contributed by atoms with Crippen molar-refractivity contribution in [2.45, 2.75) is 51.1 Å². The summed E-state index contributed by atoms with van der Waals surface area (Å²) in [5, 5.41) is 6.98. The summed E-state index contributed by atoms with van der Waals surface area (Å²) in [5.74, 6) is 0. The van der Waals surface area contributed by atoms with Crippen molar-refractivity contribution in [2.24, 2.45) is 0 Å². The first-order valence-electron chi connectivity index (χ1n) is 7.33. The summed E-state index contributed by atoms with van der Waals surface area (Å²) in [6, 6.07) is 9.64. The molecule has 1 N–H and O–H groups in total. The fourth-order valence-electron chi connectivity index (χ4n) is 3.21. The highest BCUT2D eigenvalue weighted by Crippen LogP contribution is 2.42. The summed E-state index contributed by atoms with van der Waals surface area (Å²) in [7, 11) is 0. The molecular weight excluding hydrogens is 264 g/mol. The molecule has 0 spiro atoms. The maximum absolute atomic E-state index is 4.42. The minimum absolute atomic E-state index is 0.291. The number of nitrogens with zero attached hydrogens (tertiary/aromatic N) is 1. The third-order valence-electron chi connectivity index (χ3n) is 4.40. The van der Waals surface area contributed by atoms with Gasteiger partial charge in [-0.1, -0.05) is 38.1 Å². The topological polar surface area (TPSA) is 24.9 Å². The number of thiazole rings is 1. The van der Waals surface area contributed by atoms with E-state index in [9.17, 15) is 0 Å². The number of hydrogen-bond acceptors (Lipinski definition) is 3. The fourth-order valence-corrected chi connectivity index (χ4v) is 3.86. The second-order valence-corrected chi connectivity index (χ2v) is 7.25. The summed E-state index contributed by atoms with van der Waals surface area (Å²) < 4.78 is 0. The van der Waals surface area contributed by atoms with Crippen LogP contribution in [0.4, 0.5) is 0 Å². The molecular formula is C17H22N2S. The van der Waals surface area contributed by atoms with Gasteiger partial charge in [0.1, 0.15) is 5.01 Å². The predicted octanol–water partition coefficient (Wildman–Crippen LogP) is 4.61. The van der Waals surface area contributed by atoms with E-state index >= 15 is 0 Å². The van der Waals surface area contributed by atoms with Gasteiger partial charge in [-0.25, -0.2) is 4.98 Å². The molecule has 2 aromatic rings. The van der Waals surface area contributed by atoms with Crippen LogP contribution >= 0.6 is 11.3 Å². The van der Waals surface area contributed by atoms with Gasteiger partial charge in [-0.3, -0.25) is 0 Å². The van der Waals surface area contributed by atoms with Crippen LogP contribution in [0, 0.1) is 0 Å². The number of rotatable bonds is 3. The first-order chi connectivity index (χ1) is 9.58. The molecule has 1 heterocycles. The Morgan fingerprint density at radius 2 is 2.15 bits per heavy atom. The molecule has 1 aromatic carbocycles. The Kier molecular flexibility index (Phi) is 3.65. The molecule has 0 saturated heterocycles. The van der Waals surface area contributed by atoms with Gasteiger partial charge in [0.25, 0.3) is 0 Å². The summed E-state index contributed by atoms with van der Waals surface area (Å²) in [6.07, 6.45) is 4.31. The minimum atomic E-state index is 0.291. The zero-order valence-corrected chi connectivity index (χ0v) is 13.2. The van der Waals surface area contributed by atoms with Crippen LogP contribution in [0.25, 0.3) is 0 Å². The van der Waals surface area contributed by atoms with E-state index in [2.05, 4.69) is 55.3 Å². The van der Waals surface area contributed by atoms with Crippen LogP contribution in [0.5, 0.6) is 0 Å². The highest BCUT2D eigenvalue weighted by atomic mass is 32.1. The molecule has 0 fully saturated rings. The molecule has 2 unspecified atom stereocenters. The van der Waals surface area contributed by atoms with Crippen LogP contribution in [-0.2, 0) is 5.41 Å². The van der Waals surface area contributed by atoms with Crippen LogP contribution in [-0.4, -0.2) is 4.98 Å². The van der Waals surface area contributed by atoms with E-state index < -0.39 is 0 Å².